The van der Waals surface area contributed by atoms with E-state index >= 15 is 0 Å². The molecule has 2 aliphatic heterocycles. The van der Waals surface area contributed by atoms with Crippen LogP contribution in [0.5, 0.6) is 0 Å². The third kappa shape index (κ3) is 2.93. The van der Waals surface area contributed by atoms with Crippen LogP contribution in [0.3, 0.4) is 0 Å². The SMILES string of the molecule is O[C@@H]1COCCN(C2=NC(Cl)Nc3cc(Br)ccc32)C1. The van der Waals surface area contributed by atoms with E-state index < -0.39 is 11.7 Å². The molecule has 5 nitrogen and oxygen atoms in total. The van der Waals surface area contributed by atoms with Crippen LogP contribution in [0.4, 0.5) is 5.69 Å². The van der Waals surface area contributed by atoms with E-state index in [1.807, 2.05) is 23.1 Å². The molecule has 108 valence electrons. The predicted molar refractivity (Wildman–Crippen MR) is 82.3 cm³/mol. The highest BCUT2D eigenvalue weighted by molar-refractivity contribution is 9.10. The van der Waals surface area contributed by atoms with Crippen LogP contribution < -0.4 is 5.32 Å². The molecule has 2 aliphatic rings. The number of rotatable bonds is 0. The molecular formula is C13H15BrClN3O2. The monoisotopic (exact) mass is 359 g/mol. The number of ether oxygens (including phenoxy) is 1. The summed E-state index contributed by atoms with van der Waals surface area (Å²) < 4.78 is 6.34. The van der Waals surface area contributed by atoms with Gasteiger partial charge in [-0.2, -0.15) is 0 Å². The Morgan fingerprint density at radius 1 is 1.50 bits per heavy atom. The largest absolute Gasteiger partial charge is 0.389 e. The molecule has 7 heteroatoms. The van der Waals surface area contributed by atoms with E-state index in [1.165, 1.54) is 0 Å². The first-order valence-corrected chi connectivity index (χ1v) is 7.65. The number of aliphatic hydroxyl groups excluding tert-OH is 1. The molecule has 2 heterocycles. The summed E-state index contributed by atoms with van der Waals surface area (Å²) in [6, 6.07) is 5.94. The number of nitrogens with zero attached hydrogens (tertiary/aromatic N) is 2. The molecule has 1 aromatic rings. The summed E-state index contributed by atoms with van der Waals surface area (Å²) >= 11 is 9.61. The molecule has 1 saturated heterocycles. The van der Waals surface area contributed by atoms with Gasteiger partial charge in [0.15, 0.2) is 5.62 Å². The number of hydrogen-bond acceptors (Lipinski definition) is 5. The van der Waals surface area contributed by atoms with Crippen molar-refractivity contribution in [3.05, 3.63) is 28.2 Å². The van der Waals surface area contributed by atoms with Gasteiger partial charge in [0, 0.05) is 28.8 Å². The van der Waals surface area contributed by atoms with Crippen molar-refractivity contribution in [2.45, 2.75) is 11.7 Å². The third-order valence-electron chi connectivity index (χ3n) is 3.28. The first kappa shape index (κ1) is 14.1. The van der Waals surface area contributed by atoms with Gasteiger partial charge in [-0.15, -0.1) is 0 Å². The number of β-amino-alcohol motifs (C(OH)–C–C–N with tert-alkyl or cyclic N) is 1. The molecule has 1 fully saturated rings. The number of benzene rings is 1. The zero-order valence-electron chi connectivity index (χ0n) is 10.7. The normalized spacial score (nSPS) is 26.4. The van der Waals surface area contributed by atoms with Gasteiger partial charge >= 0.3 is 0 Å². The van der Waals surface area contributed by atoms with E-state index in [9.17, 15) is 5.11 Å². The van der Waals surface area contributed by atoms with Gasteiger partial charge in [-0.05, 0) is 18.2 Å². The number of nitrogens with one attached hydrogen (secondary N) is 1. The quantitative estimate of drug-likeness (QED) is 0.547. The minimum absolute atomic E-state index is 0.361. The van der Waals surface area contributed by atoms with Crippen LogP contribution in [0.2, 0.25) is 0 Å². The molecule has 2 atom stereocenters. The first-order chi connectivity index (χ1) is 9.63. The maximum atomic E-state index is 9.87. The van der Waals surface area contributed by atoms with Crippen molar-refractivity contribution in [3.8, 4) is 0 Å². The third-order valence-corrected chi connectivity index (χ3v) is 3.98. The number of amidine groups is 1. The number of aliphatic hydroxyl groups is 1. The van der Waals surface area contributed by atoms with Gasteiger partial charge in [0.25, 0.3) is 0 Å². The molecule has 1 unspecified atom stereocenters. The molecule has 0 radical (unpaired) electrons. The molecule has 0 aliphatic carbocycles. The van der Waals surface area contributed by atoms with Crippen LogP contribution in [0.25, 0.3) is 0 Å². The smallest absolute Gasteiger partial charge is 0.197 e. The topological polar surface area (TPSA) is 57.1 Å². The Morgan fingerprint density at radius 3 is 3.20 bits per heavy atom. The minimum atomic E-state index is -0.511. The first-order valence-electron chi connectivity index (χ1n) is 6.42. The fourth-order valence-electron chi connectivity index (χ4n) is 2.41. The average Bonchev–Trinajstić information content (AvgIpc) is 2.62. The van der Waals surface area contributed by atoms with E-state index in [1.54, 1.807) is 0 Å². The van der Waals surface area contributed by atoms with Gasteiger partial charge in [0.1, 0.15) is 5.84 Å². The zero-order valence-corrected chi connectivity index (χ0v) is 13.1. The second-order valence-corrected chi connectivity index (χ2v) is 6.13. The Kier molecular flexibility index (Phi) is 4.16. The van der Waals surface area contributed by atoms with Crippen LogP contribution in [0, 0.1) is 0 Å². The maximum Gasteiger partial charge on any atom is 0.197 e. The van der Waals surface area contributed by atoms with E-state index in [4.69, 9.17) is 16.3 Å². The van der Waals surface area contributed by atoms with Crippen molar-refractivity contribution in [2.24, 2.45) is 4.99 Å². The molecule has 0 spiro atoms. The van der Waals surface area contributed by atoms with Gasteiger partial charge in [-0.3, -0.25) is 0 Å². The summed E-state index contributed by atoms with van der Waals surface area (Å²) in [5, 5.41) is 13.0. The average molecular weight is 361 g/mol. The molecule has 2 N–H and O–H groups in total. The van der Waals surface area contributed by atoms with Gasteiger partial charge in [-0.1, -0.05) is 27.5 Å². The lowest BCUT2D eigenvalue weighted by Crippen LogP contribution is -2.41. The molecule has 0 saturated carbocycles. The van der Waals surface area contributed by atoms with Crippen molar-refractivity contribution >= 4 is 39.1 Å². The zero-order chi connectivity index (χ0) is 14.1. The van der Waals surface area contributed by atoms with Gasteiger partial charge in [0.05, 0.1) is 19.3 Å². The highest BCUT2D eigenvalue weighted by Gasteiger charge is 2.26. The van der Waals surface area contributed by atoms with Crippen molar-refractivity contribution < 1.29 is 9.84 Å². The molecule has 0 bridgehead atoms. The molecule has 3 rings (SSSR count). The second kappa shape index (κ2) is 5.89. The Hall–Kier alpha value is -0.820. The minimum Gasteiger partial charge on any atom is -0.389 e. The van der Waals surface area contributed by atoms with Crippen molar-refractivity contribution in [1.29, 1.82) is 0 Å². The van der Waals surface area contributed by atoms with Gasteiger partial charge in [-0.25, -0.2) is 4.99 Å². The van der Waals surface area contributed by atoms with Crippen LogP contribution in [0.1, 0.15) is 5.56 Å². The van der Waals surface area contributed by atoms with Crippen molar-refractivity contribution in [3.63, 3.8) is 0 Å². The van der Waals surface area contributed by atoms with Crippen LogP contribution in [-0.4, -0.2) is 53.9 Å². The van der Waals surface area contributed by atoms with Crippen molar-refractivity contribution in [2.75, 3.05) is 31.6 Å². The summed E-state index contributed by atoms with van der Waals surface area (Å²) in [4.78, 5) is 6.50. The summed E-state index contributed by atoms with van der Waals surface area (Å²) in [5.41, 5.74) is 1.41. The van der Waals surface area contributed by atoms with Gasteiger partial charge < -0.3 is 20.1 Å². The number of alkyl halides is 1. The Labute approximate surface area is 130 Å². The van der Waals surface area contributed by atoms with Gasteiger partial charge in [0.2, 0.25) is 0 Å². The molecule has 1 aromatic carbocycles. The lowest BCUT2D eigenvalue weighted by atomic mass is 10.1. The van der Waals surface area contributed by atoms with Crippen molar-refractivity contribution in [1.82, 2.24) is 4.90 Å². The molecule has 0 amide bonds. The predicted octanol–water partition coefficient (Wildman–Crippen LogP) is 1.84. The molecule has 20 heavy (non-hydrogen) atoms. The Balaban J connectivity index is 1.95. The van der Waals surface area contributed by atoms with Crippen LogP contribution in [-0.2, 0) is 4.74 Å². The lowest BCUT2D eigenvalue weighted by molar-refractivity contribution is 0.0581. The second-order valence-electron chi connectivity index (χ2n) is 4.80. The Bertz CT molecular complexity index is 540. The van der Waals surface area contributed by atoms with E-state index in [2.05, 4.69) is 26.2 Å². The molecular weight excluding hydrogens is 346 g/mol. The summed E-state index contributed by atoms with van der Waals surface area (Å²) in [6.07, 6.45) is -0.511. The molecule has 0 aromatic heterocycles. The van der Waals surface area contributed by atoms with Crippen LogP contribution in [0.15, 0.2) is 27.7 Å². The van der Waals surface area contributed by atoms with E-state index in [0.29, 0.717) is 26.3 Å². The number of halogens is 2. The summed E-state index contributed by atoms with van der Waals surface area (Å²) in [5.74, 6) is 0.802. The lowest BCUT2D eigenvalue weighted by Gasteiger charge is -2.30. The Morgan fingerprint density at radius 2 is 2.35 bits per heavy atom. The maximum absolute atomic E-state index is 9.87. The fourth-order valence-corrected chi connectivity index (χ4v) is 2.98. The number of fused-ring (bicyclic) bond motifs is 1. The van der Waals surface area contributed by atoms with E-state index in [0.717, 1.165) is 21.6 Å². The number of anilines is 1. The van der Waals surface area contributed by atoms with Crippen LogP contribution >= 0.6 is 27.5 Å². The summed E-state index contributed by atoms with van der Waals surface area (Å²) in [7, 11) is 0. The highest BCUT2D eigenvalue weighted by atomic mass is 79.9. The summed E-state index contributed by atoms with van der Waals surface area (Å²) in [6.45, 7) is 2.12. The van der Waals surface area contributed by atoms with E-state index in [-0.39, 0.29) is 0 Å². The highest BCUT2D eigenvalue weighted by Crippen LogP contribution is 2.28. The fraction of sp³-hybridized carbons (Fsp3) is 0.462. The number of hydrogen-bond donors (Lipinski definition) is 2. The standard InChI is InChI=1S/C13H15BrClN3O2/c14-8-1-2-10-11(5-8)16-13(15)17-12(10)18-3-4-20-7-9(19)6-18/h1-2,5,9,13,16,19H,3-4,6-7H2/t9-,13?/m0/s1. The number of aliphatic imine (C=N–C) groups is 1.